The molecular formula is C17H23N3O4S. The molecule has 0 radical (unpaired) electrons. The van der Waals surface area contributed by atoms with Crippen molar-refractivity contribution < 1.29 is 18.0 Å². The normalized spacial score (nSPS) is 21.7. The summed E-state index contributed by atoms with van der Waals surface area (Å²) in [6, 6.07) is 9.23. The van der Waals surface area contributed by atoms with Crippen LogP contribution in [0.2, 0.25) is 0 Å². The van der Waals surface area contributed by atoms with Crippen molar-refractivity contribution in [3.63, 3.8) is 0 Å². The highest BCUT2D eigenvalue weighted by Gasteiger charge is 2.37. The number of carbonyl (C=O) groups is 2. The maximum atomic E-state index is 12.5. The number of nitrogens with zero attached hydrogens (tertiary/aromatic N) is 2. The lowest BCUT2D eigenvalue weighted by Gasteiger charge is -2.17. The van der Waals surface area contributed by atoms with Crippen LogP contribution in [0.15, 0.2) is 30.3 Å². The van der Waals surface area contributed by atoms with Crippen LogP contribution in [-0.4, -0.2) is 56.5 Å². The van der Waals surface area contributed by atoms with Gasteiger partial charge in [-0.05, 0) is 31.4 Å². The summed E-state index contributed by atoms with van der Waals surface area (Å²) in [5.41, 5.74) is 0.777. The van der Waals surface area contributed by atoms with Crippen LogP contribution in [0.4, 0.5) is 5.69 Å². The van der Waals surface area contributed by atoms with E-state index >= 15 is 0 Å². The van der Waals surface area contributed by atoms with Crippen LogP contribution >= 0.6 is 0 Å². The summed E-state index contributed by atoms with van der Waals surface area (Å²) in [5, 5.41) is 2.61. The maximum absolute atomic E-state index is 12.5. The van der Waals surface area contributed by atoms with Gasteiger partial charge in [-0.15, -0.1) is 0 Å². The van der Waals surface area contributed by atoms with Gasteiger partial charge in [0, 0.05) is 31.9 Å². The molecule has 0 saturated carbocycles. The van der Waals surface area contributed by atoms with Gasteiger partial charge in [0.2, 0.25) is 21.8 Å². The number of rotatable bonds is 6. The Morgan fingerprint density at radius 2 is 1.80 bits per heavy atom. The SMILES string of the molecule is O=C(NCCS(=O)(=O)N1CCCC1)[C@H]1CCN(c2ccccc2)C1=O. The zero-order valence-corrected chi connectivity index (χ0v) is 14.9. The molecule has 1 N–H and O–H groups in total. The zero-order chi connectivity index (χ0) is 17.9. The molecule has 2 saturated heterocycles. The number of sulfonamides is 1. The largest absolute Gasteiger partial charge is 0.354 e. The monoisotopic (exact) mass is 365 g/mol. The van der Waals surface area contributed by atoms with Gasteiger partial charge in [-0.25, -0.2) is 12.7 Å². The molecule has 3 rings (SSSR count). The third-order valence-corrected chi connectivity index (χ3v) is 6.58. The summed E-state index contributed by atoms with van der Waals surface area (Å²) in [7, 11) is -3.32. The van der Waals surface area contributed by atoms with Gasteiger partial charge in [0.25, 0.3) is 0 Å². The first-order valence-corrected chi connectivity index (χ1v) is 10.2. The third-order valence-electron chi connectivity index (χ3n) is 4.71. The van der Waals surface area contributed by atoms with E-state index in [0.717, 1.165) is 18.5 Å². The minimum absolute atomic E-state index is 0.0345. The standard InChI is InChI=1S/C17H23N3O4S/c21-16(18-9-13-25(23,24)19-10-4-5-11-19)15-8-12-20(17(15)22)14-6-2-1-3-7-14/h1-3,6-7,15H,4-5,8-13H2,(H,18,21)/t15-/m1/s1. The van der Waals surface area contributed by atoms with Gasteiger partial charge < -0.3 is 10.2 Å². The van der Waals surface area contributed by atoms with E-state index in [4.69, 9.17) is 0 Å². The fourth-order valence-corrected chi connectivity index (χ4v) is 4.74. The van der Waals surface area contributed by atoms with Gasteiger partial charge >= 0.3 is 0 Å². The summed E-state index contributed by atoms with van der Waals surface area (Å²) in [4.78, 5) is 26.3. The molecule has 1 atom stereocenters. The fraction of sp³-hybridized carbons (Fsp3) is 0.529. The molecule has 8 heteroatoms. The molecule has 7 nitrogen and oxygen atoms in total. The van der Waals surface area contributed by atoms with Crippen molar-refractivity contribution in [3.05, 3.63) is 30.3 Å². The summed E-state index contributed by atoms with van der Waals surface area (Å²) in [6.07, 6.45) is 2.22. The first-order valence-electron chi connectivity index (χ1n) is 8.61. The Balaban J connectivity index is 1.51. The van der Waals surface area contributed by atoms with Crippen LogP contribution in [0, 0.1) is 5.92 Å². The predicted molar refractivity (Wildman–Crippen MR) is 94.5 cm³/mol. The van der Waals surface area contributed by atoms with E-state index in [1.54, 1.807) is 4.90 Å². The van der Waals surface area contributed by atoms with Crippen LogP contribution in [0.25, 0.3) is 0 Å². The molecule has 25 heavy (non-hydrogen) atoms. The first kappa shape index (κ1) is 17.9. The van der Waals surface area contributed by atoms with Crippen LogP contribution in [0.1, 0.15) is 19.3 Å². The van der Waals surface area contributed by atoms with Crippen molar-refractivity contribution in [3.8, 4) is 0 Å². The highest BCUT2D eigenvalue weighted by atomic mass is 32.2. The third kappa shape index (κ3) is 4.01. The predicted octanol–water partition coefficient (Wildman–Crippen LogP) is 0.581. The summed E-state index contributed by atoms with van der Waals surface area (Å²) in [6.45, 7) is 1.65. The summed E-state index contributed by atoms with van der Waals surface area (Å²) in [5.74, 6) is -1.48. The van der Waals surface area contributed by atoms with Crippen molar-refractivity contribution in [2.45, 2.75) is 19.3 Å². The fourth-order valence-electron chi connectivity index (χ4n) is 3.31. The number of nitrogens with one attached hydrogen (secondary N) is 1. The molecule has 1 aromatic rings. The molecule has 2 aliphatic rings. The topological polar surface area (TPSA) is 86.8 Å². The van der Waals surface area contributed by atoms with Crippen LogP contribution in [0.3, 0.4) is 0 Å². The molecule has 2 amide bonds. The lowest BCUT2D eigenvalue weighted by Crippen LogP contribution is -2.40. The molecule has 136 valence electrons. The Morgan fingerprint density at radius 1 is 1.12 bits per heavy atom. The highest BCUT2D eigenvalue weighted by Crippen LogP contribution is 2.25. The van der Waals surface area contributed by atoms with E-state index in [0.29, 0.717) is 26.1 Å². The molecule has 0 aromatic heterocycles. The Labute approximate surface area is 148 Å². The molecule has 2 aliphatic heterocycles. The lowest BCUT2D eigenvalue weighted by atomic mass is 10.1. The van der Waals surface area contributed by atoms with Crippen molar-refractivity contribution in [1.82, 2.24) is 9.62 Å². The van der Waals surface area contributed by atoms with E-state index in [9.17, 15) is 18.0 Å². The van der Waals surface area contributed by atoms with E-state index in [1.165, 1.54) is 4.31 Å². The van der Waals surface area contributed by atoms with Crippen LogP contribution in [0.5, 0.6) is 0 Å². The number of amides is 2. The van der Waals surface area contributed by atoms with Gasteiger partial charge in [-0.1, -0.05) is 18.2 Å². The molecule has 2 heterocycles. The minimum atomic E-state index is -3.32. The summed E-state index contributed by atoms with van der Waals surface area (Å²) < 4.78 is 25.7. The van der Waals surface area contributed by atoms with E-state index in [1.807, 2.05) is 30.3 Å². The molecular weight excluding hydrogens is 342 g/mol. The number of anilines is 1. The van der Waals surface area contributed by atoms with Crippen molar-refractivity contribution in [2.75, 3.05) is 36.8 Å². The molecule has 0 aliphatic carbocycles. The van der Waals surface area contributed by atoms with E-state index in [-0.39, 0.29) is 24.1 Å². The number of hydrogen-bond donors (Lipinski definition) is 1. The number of hydrogen-bond acceptors (Lipinski definition) is 4. The van der Waals surface area contributed by atoms with Gasteiger partial charge in [0.05, 0.1) is 5.75 Å². The highest BCUT2D eigenvalue weighted by molar-refractivity contribution is 7.89. The summed E-state index contributed by atoms with van der Waals surface area (Å²) >= 11 is 0. The van der Waals surface area contributed by atoms with Crippen LogP contribution in [-0.2, 0) is 19.6 Å². The minimum Gasteiger partial charge on any atom is -0.354 e. The van der Waals surface area contributed by atoms with Crippen molar-refractivity contribution in [2.24, 2.45) is 5.92 Å². The van der Waals surface area contributed by atoms with Gasteiger partial charge in [-0.3, -0.25) is 9.59 Å². The molecule has 2 fully saturated rings. The maximum Gasteiger partial charge on any atom is 0.239 e. The van der Waals surface area contributed by atoms with Gasteiger partial charge in [-0.2, -0.15) is 0 Å². The molecule has 0 unspecified atom stereocenters. The quantitative estimate of drug-likeness (QED) is 0.747. The second-order valence-corrected chi connectivity index (χ2v) is 8.47. The van der Waals surface area contributed by atoms with Gasteiger partial charge in [0.1, 0.15) is 5.92 Å². The first-order chi connectivity index (χ1) is 12.0. The van der Waals surface area contributed by atoms with Crippen molar-refractivity contribution >= 4 is 27.5 Å². The Morgan fingerprint density at radius 3 is 2.48 bits per heavy atom. The molecule has 0 bridgehead atoms. The number of carbonyl (C=O) groups excluding carboxylic acids is 2. The van der Waals surface area contributed by atoms with E-state index in [2.05, 4.69) is 5.32 Å². The average molecular weight is 365 g/mol. The lowest BCUT2D eigenvalue weighted by molar-refractivity contribution is -0.132. The zero-order valence-electron chi connectivity index (χ0n) is 14.1. The van der Waals surface area contributed by atoms with Crippen LogP contribution < -0.4 is 10.2 Å². The van der Waals surface area contributed by atoms with Crippen molar-refractivity contribution in [1.29, 1.82) is 0 Å². The van der Waals surface area contributed by atoms with Gasteiger partial charge in [0.15, 0.2) is 0 Å². The second-order valence-electron chi connectivity index (χ2n) is 6.38. The van der Waals surface area contributed by atoms with E-state index < -0.39 is 15.9 Å². The molecule has 0 spiro atoms. The smallest absolute Gasteiger partial charge is 0.239 e. The average Bonchev–Trinajstić information content (AvgIpc) is 3.25. The number of benzene rings is 1. The Hall–Kier alpha value is -1.93. The second kappa shape index (κ2) is 7.53. The number of para-hydroxylation sites is 1. The Kier molecular flexibility index (Phi) is 5.39. The Bertz CT molecular complexity index is 730. The molecule has 1 aromatic carbocycles.